The summed E-state index contributed by atoms with van der Waals surface area (Å²) in [4.78, 5) is 14.7. The standard InChI is InChI=1S/C20H20N4O/c25-20(15-24-12-5-11-21-24)22-18-8-3-1-7-17(18)14-23-13-10-16-6-2-4-9-19(16)23/h1-9,11-12H,10,13-15H2,(H,22,25). The number of aromatic nitrogens is 2. The Morgan fingerprint density at radius 3 is 2.80 bits per heavy atom. The molecule has 1 aromatic heterocycles. The van der Waals surface area contributed by atoms with Crippen molar-refractivity contribution in [2.75, 3.05) is 16.8 Å². The maximum atomic E-state index is 12.3. The van der Waals surface area contributed by atoms with Crippen LogP contribution in [0.3, 0.4) is 0 Å². The summed E-state index contributed by atoms with van der Waals surface area (Å²) < 4.78 is 1.62. The first-order chi connectivity index (χ1) is 12.3. The number of fused-ring (bicyclic) bond motifs is 1. The lowest BCUT2D eigenvalue weighted by atomic mass is 10.1. The van der Waals surface area contributed by atoms with E-state index in [0.29, 0.717) is 0 Å². The minimum atomic E-state index is -0.0713. The van der Waals surface area contributed by atoms with Crippen LogP contribution in [0.15, 0.2) is 67.0 Å². The first kappa shape index (κ1) is 15.4. The molecule has 0 fully saturated rings. The third-order valence-electron chi connectivity index (χ3n) is 4.50. The highest BCUT2D eigenvalue weighted by atomic mass is 16.2. The van der Waals surface area contributed by atoms with Gasteiger partial charge in [-0.1, -0.05) is 36.4 Å². The zero-order valence-corrected chi connectivity index (χ0v) is 13.9. The number of carbonyl (C=O) groups excluding carboxylic acids is 1. The fourth-order valence-corrected chi connectivity index (χ4v) is 3.29. The number of amides is 1. The molecule has 5 heteroatoms. The summed E-state index contributed by atoms with van der Waals surface area (Å²) in [6.07, 6.45) is 4.53. The van der Waals surface area contributed by atoms with Crippen molar-refractivity contribution >= 4 is 17.3 Å². The third kappa shape index (κ3) is 3.40. The molecule has 5 nitrogen and oxygen atoms in total. The summed E-state index contributed by atoms with van der Waals surface area (Å²) in [5.41, 5.74) is 4.67. The maximum absolute atomic E-state index is 12.3. The van der Waals surface area contributed by atoms with E-state index in [4.69, 9.17) is 0 Å². The Balaban J connectivity index is 1.49. The molecule has 0 saturated carbocycles. The highest BCUT2D eigenvalue weighted by molar-refractivity contribution is 5.91. The van der Waals surface area contributed by atoms with Crippen LogP contribution in [0, 0.1) is 0 Å². The summed E-state index contributed by atoms with van der Waals surface area (Å²) >= 11 is 0. The second kappa shape index (κ2) is 6.81. The highest BCUT2D eigenvalue weighted by Gasteiger charge is 2.19. The van der Waals surface area contributed by atoms with E-state index in [1.807, 2.05) is 24.3 Å². The van der Waals surface area contributed by atoms with E-state index in [1.54, 1.807) is 17.1 Å². The lowest BCUT2D eigenvalue weighted by Crippen LogP contribution is -2.23. The molecule has 1 amide bonds. The molecule has 0 spiro atoms. The van der Waals surface area contributed by atoms with Gasteiger partial charge < -0.3 is 10.2 Å². The number of nitrogens with one attached hydrogen (secondary N) is 1. The molecule has 4 rings (SSSR count). The molecule has 126 valence electrons. The summed E-state index contributed by atoms with van der Waals surface area (Å²) in [5.74, 6) is -0.0713. The second-order valence-electron chi connectivity index (χ2n) is 6.21. The average Bonchev–Trinajstić information content (AvgIpc) is 3.27. The Kier molecular flexibility index (Phi) is 4.21. The first-order valence-electron chi connectivity index (χ1n) is 8.47. The van der Waals surface area contributed by atoms with Gasteiger partial charge in [0.05, 0.1) is 0 Å². The summed E-state index contributed by atoms with van der Waals surface area (Å²) in [7, 11) is 0. The molecule has 2 aromatic carbocycles. The van der Waals surface area contributed by atoms with E-state index < -0.39 is 0 Å². The molecule has 1 aliphatic rings. The van der Waals surface area contributed by atoms with Crippen molar-refractivity contribution < 1.29 is 4.79 Å². The predicted molar refractivity (Wildman–Crippen MR) is 98.5 cm³/mol. The maximum Gasteiger partial charge on any atom is 0.246 e. The van der Waals surface area contributed by atoms with Crippen LogP contribution in [0.4, 0.5) is 11.4 Å². The molecule has 25 heavy (non-hydrogen) atoms. The summed E-state index contributed by atoms with van der Waals surface area (Å²) in [6.45, 7) is 2.01. The Labute approximate surface area is 146 Å². The minimum Gasteiger partial charge on any atom is -0.367 e. The summed E-state index contributed by atoms with van der Waals surface area (Å²) in [5, 5.41) is 7.10. The Bertz CT molecular complexity index is 873. The van der Waals surface area contributed by atoms with Crippen LogP contribution < -0.4 is 10.2 Å². The zero-order chi connectivity index (χ0) is 17.1. The van der Waals surface area contributed by atoms with Crippen molar-refractivity contribution in [2.24, 2.45) is 0 Å². The molecule has 0 aliphatic carbocycles. The third-order valence-corrected chi connectivity index (χ3v) is 4.50. The number of anilines is 2. The Morgan fingerprint density at radius 1 is 1.08 bits per heavy atom. The van der Waals surface area contributed by atoms with Crippen molar-refractivity contribution in [3.05, 3.63) is 78.1 Å². The van der Waals surface area contributed by atoms with Gasteiger partial charge in [-0.05, 0) is 35.7 Å². The summed E-state index contributed by atoms with van der Waals surface area (Å²) in [6, 6.07) is 18.3. The van der Waals surface area contributed by atoms with Gasteiger partial charge in [0.1, 0.15) is 6.54 Å². The molecule has 0 radical (unpaired) electrons. The second-order valence-corrected chi connectivity index (χ2v) is 6.21. The van der Waals surface area contributed by atoms with Gasteiger partial charge >= 0.3 is 0 Å². The largest absolute Gasteiger partial charge is 0.367 e. The van der Waals surface area contributed by atoms with E-state index in [1.165, 1.54) is 11.3 Å². The van der Waals surface area contributed by atoms with Crippen molar-refractivity contribution in [1.29, 1.82) is 0 Å². The van der Waals surface area contributed by atoms with Gasteiger partial charge in [-0.25, -0.2) is 0 Å². The molecule has 0 bridgehead atoms. The van der Waals surface area contributed by atoms with Crippen LogP contribution in [0.25, 0.3) is 0 Å². The van der Waals surface area contributed by atoms with Gasteiger partial charge in [0.25, 0.3) is 0 Å². The van der Waals surface area contributed by atoms with Crippen molar-refractivity contribution in [3.63, 3.8) is 0 Å². The molecule has 0 saturated heterocycles. The number of nitrogens with zero attached hydrogens (tertiary/aromatic N) is 3. The van der Waals surface area contributed by atoms with E-state index >= 15 is 0 Å². The van der Waals surface area contributed by atoms with E-state index in [0.717, 1.165) is 30.8 Å². The molecule has 0 atom stereocenters. The van der Waals surface area contributed by atoms with Crippen molar-refractivity contribution in [1.82, 2.24) is 9.78 Å². The van der Waals surface area contributed by atoms with Gasteiger partial charge in [-0.15, -0.1) is 0 Å². The van der Waals surface area contributed by atoms with E-state index in [9.17, 15) is 4.79 Å². The van der Waals surface area contributed by atoms with Gasteiger partial charge in [0.15, 0.2) is 0 Å². The molecule has 2 heterocycles. The van der Waals surface area contributed by atoms with Crippen LogP contribution in [0.1, 0.15) is 11.1 Å². The number of para-hydroxylation sites is 2. The number of carbonyl (C=O) groups is 1. The number of benzene rings is 2. The van der Waals surface area contributed by atoms with Gasteiger partial charge in [0.2, 0.25) is 5.91 Å². The molecule has 1 aliphatic heterocycles. The smallest absolute Gasteiger partial charge is 0.246 e. The topological polar surface area (TPSA) is 50.2 Å². The quantitative estimate of drug-likeness (QED) is 0.781. The average molecular weight is 332 g/mol. The Hall–Kier alpha value is -3.08. The van der Waals surface area contributed by atoms with Gasteiger partial charge in [0, 0.05) is 36.9 Å². The van der Waals surface area contributed by atoms with Crippen LogP contribution in [0.5, 0.6) is 0 Å². The molecular formula is C20H20N4O. The van der Waals surface area contributed by atoms with E-state index in [-0.39, 0.29) is 12.5 Å². The first-order valence-corrected chi connectivity index (χ1v) is 8.47. The van der Waals surface area contributed by atoms with Crippen LogP contribution in [-0.2, 0) is 24.3 Å². The Morgan fingerprint density at radius 2 is 1.92 bits per heavy atom. The van der Waals surface area contributed by atoms with Crippen LogP contribution in [0.2, 0.25) is 0 Å². The molecule has 1 N–H and O–H groups in total. The fourth-order valence-electron chi connectivity index (χ4n) is 3.29. The number of hydrogen-bond acceptors (Lipinski definition) is 3. The van der Waals surface area contributed by atoms with Crippen molar-refractivity contribution in [2.45, 2.75) is 19.5 Å². The van der Waals surface area contributed by atoms with Crippen molar-refractivity contribution in [3.8, 4) is 0 Å². The fraction of sp³-hybridized carbons (Fsp3) is 0.200. The highest BCUT2D eigenvalue weighted by Crippen LogP contribution is 2.30. The van der Waals surface area contributed by atoms with E-state index in [2.05, 4.69) is 45.6 Å². The zero-order valence-electron chi connectivity index (χ0n) is 13.9. The lowest BCUT2D eigenvalue weighted by Gasteiger charge is -2.21. The molecule has 0 unspecified atom stereocenters. The van der Waals surface area contributed by atoms with Gasteiger partial charge in [-0.2, -0.15) is 5.10 Å². The van der Waals surface area contributed by atoms with Crippen LogP contribution >= 0.6 is 0 Å². The number of rotatable bonds is 5. The predicted octanol–water partition coefficient (Wildman–Crippen LogP) is 3.08. The monoisotopic (exact) mass is 332 g/mol. The SMILES string of the molecule is O=C(Cn1cccn1)Nc1ccccc1CN1CCc2ccccc21. The molecule has 3 aromatic rings. The van der Waals surface area contributed by atoms with Gasteiger partial charge in [-0.3, -0.25) is 9.48 Å². The number of hydrogen-bond donors (Lipinski definition) is 1. The van der Waals surface area contributed by atoms with Crippen LogP contribution in [-0.4, -0.2) is 22.2 Å². The lowest BCUT2D eigenvalue weighted by molar-refractivity contribution is -0.116. The normalized spacial score (nSPS) is 12.9. The molecular weight excluding hydrogens is 312 g/mol. The minimum absolute atomic E-state index is 0.0713.